The fourth-order valence-electron chi connectivity index (χ4n) is 3.15. The zero-order valence-electron chi connectivity index (χ0n) is 22.5. The minimum Gasteiger partial charge on any atom is -0.464 e. The molecule has 0 aliphatic rings. The number of ether oxygens (including phenoxy) is 3. The van der Waals surface area contributed by atoms with E-state index < -0.39 is 17.0 Å². The van der Waals surface area contributed by atoms with Crippen LogP contribution in [-0.4, -0.2) is 35.3 Å². The molecule has 0 amide bonds. The summed E-state index contributed by atoms with van der Waals surface area (Å²) in [5, 5.41) is 0. The van der Waals surface area contributed by atoms with Gasteiger partial charge >= 0.3 is 11.9 Å². The number of hydrogen-bond donors (Lipinski definition) is 0. The average molecular weight is 488 g/mol. The maximum Gasteiger partial charge on any atom is 0.317 e. The molecule has 2 atom stereocenters. The van der Waals surface area contributed by atoms with Crippen LogP contribution < -0.4 is 4.57 Å². The topological polar surface area (TPSA) is 70.6 Å². The van der Waals surface area contributed by atoms with Crippen molar-refractivity contribution < 1.29 is 28.4 Å². The normalized spacial score (nSPS) is 14.3. The third-order valence-electron chi connectivity index (χ3n) is 6.54. The Balaban J connectivity index is 2.01. The monoisotopic (exact) mass is 487 g/mol. The first-order chi connectivity index (χ1) is 16.5. The minimum atomic E-state index is -1.10. The van der Waals surface area contributed by atoms with Gasteiger partial charge in [0, 0.05) is 0 Å². The summed E-state index contributed by atoms with van der Waals surface area (Å²) in [6.07, 6.45) is 7.65. The van der Waals surface area contributed by atoms with Crippen LogP contribution in [0.15, 0.2) is 43.0 Å². The van der Waals surface area contributed by atoms with Crippen molar-refractivity contribution in [1.82, 2.24) is 4.57 Å². The van der Waals surface area contributed by atoms with E-state index in [1.807, 2.05) is 58.9 Å². The Labute approximate surface area is 210 Å². The lowest BCUT2D eigenvalue weighted by Gasteiger charge is -2.32. The number of esters is 2. The molecule has 0 saturated carbocycles. The molecular formula is C28H43N2O5+. The van der Waals surface area contributed by atoms with Gasteiger partial charge in [-0.15, -0.1) is 0 Å². The first-order valence-corrected chi connectivity index (χ1v) is 12.6. The quantitative estimate of drug-likeness (QED) is 0.286. The Morgan fingerprint density at radius 1 is 1.00 bits per heavy atom. The van der Waals surface area contributed by atoms with Crippen molar-refractivity contribution in [2.45, 2.75) is 86.6 Å². The molecule has 0 fully saturated rings. The van der Waals surface area contributed by atoms with Crippen molar-refractivity contribution in [3.63, 3.8) is 0 Å². The van der Waals surface area contributed by atoms with Gasteiger partial charge in [0.15, 0.2) is 0 Å². The predicted octanol–water partition coefficient (Wildman–Crippen LogP) is 4.69. The predicted molar refractivity (Wildman–Crippen MR) is 134 cm³/mol. The van der Waals surface area contributed by atoms with Gasteiger partial charge in [-0.05, 0) is 51.7 Å². The fourth-order valence-corrected chi connectivity index (χ4v) is 3.15. The summed E-state index contributed by atoms with van der Waals surface area (Å²) < 4.78 is 21.4. The number of aromatic nitrogens is 2. The summed E-state index contributed by atoms with van der Waals surface area (Å²) in [5.74, 6) is -0.980. The summed E-state index contributed by atoms with van der Waals surface area (Å²) in [7, 11) is 0. The molecule has 0 spiro atoms. The highest BCUT2D eigenvalue weighted by molar-refractivity contribution is 5.78. The molecule has 1 aromatic heterocycles. The average Bonchev–Trinajstić information content (AvgIpc) is 3.32. The molecule has 0 radical (unpaired) electrons. The first kappa shape index (κ1) is 28.6. The van der Waals surface area contributed by atoms with Crippen LogP contribution in [0.2, 0.25) is 0 Å². The van der Waals surface area contributed by atoms with E-state index in [4.69, 9.17) is 14.2 Å². The summed E-state index contributed by atoms with van der Waals surface area (Å²) in [6.45, 7) is 15.4. The van der Waals surface area contributed by atoms with E-state index in [0.717, 1.165) is 30.6 Å². The highest BCUT2D eigenvalue weighted by Gasteiger charge is 2.39. The van der Waals surface area contributed by atoms with Gasteiger partial charge in [0.2, 0.25) is 6.33 Å². The second kappa shape index (κ2) is 12.9. The van der Waals surface area contributed by atoms with Gasteiger partial charge in [-0.25, -0.2) is 9.13 Å². The molecule has 2 unspecified atom stereocenters. The lowest BCUT2D eigenvalue weighted by atomic mass is 9.92. The van der Waals surface area contributed by atoms with E-state index >= 15 is 0 Å². The van der Waals surface area contributed by atoms with Gasteiger partial charge in [0.05, 0.1) is 24.7 Å². The number of benzene rings is 1. The van der Waals surface area contributed by atoms with Crippen molar-refractivity contribution in [2.24, 2.45) is 11.3 Å². The Hall–Kier alpha value is -2.67. The van der Waals surface area contributed by atoms with E-state index in [9.17, 15) is 9.59 Å². The van der Waals surface area contributed by atoms with Crippen LogP contribution in [0.5, 0.6) is 0 Å². The van der Waals surface area contributed by atoms with E-state index in [-0.39, 0.29) is 31.7 Å². The minimum absolute atomic E-state index is 0.0810. The number of rotatable bonds is 14. The molecule has 1 aromatic carbocycles. The largest absolute Gasteiger partial charge is 0.464 e. The molecule has 0 saturated heterocycles. The number of nitrogens with zero attached hydrogens (tertiary/aromatic N) is 2. The standard InChI is InChI=1S/C28H43N2O5/c1-8-22(4)25(31)34-19-28(7,20-35-27(5,6)9-2)26(32)33-18-24-13-11-23(12-14-24)17-30-16-15-29(10-3)21-30/h11-16,21-22H,8-10,17-20H2,1-7H3/q+1. The van der Waals surface area contributed by atoms with E-state index in [1.165, 1.54) is 0 Å². The molecule has 0 bridgehead atoms. The van der Waals surface area contributed by atoms with Crippen LogP contribution in [-0.2, 0) is 43.5 Å². The Morgan fingerprint density at radius 3 is 2.23 bits per heavy atom. The molecule has 0 aliphatic heterocycles. The van der Waals surface area contributed by atoms with Crippen LogP contribution in [0.1, 0.15) is 72.4 Å². The van der Waals surface area contributed by atoms with Crippen LogP contribution in [0.25, 0.3) is 0 Å². The number of hydrogen-bond acceptors (Lipinski definition) is 5. The van der Waals surface area contributed by atoms with Crippen molar-refractivity contribution >= 4 is 11.9 Å². The van der Waals surface area contributed by atoms with Gasteiger partial charge in [0.25, 0.3) is 0 Å². The van der Waals surface area contributed by atoms with Gasteiger partial charge < -0.3 is 14.2 Å². The molecule has 1 heterocycles. The summed E-state index contributed by atoms with van der Waals surface area (Å²) in [4.78, 5) is 25.4. The number of carbonyl (C=O) groups excluding carboxylic acids is 2. The number of carbonyl (C=O) groups is 2. The van der Waals surface area contributed by atoms with Crippen molar-refractivity contribution in [1.29, 1.82) is 0 Å². The second-order valence-corrected chi connectivity index (χ2v) is 10.2. The van der Waals surface area contributed by atoms with Crippen LogP contribution in [0.3, 0.4) is 0 Å². The zero-order valence-corrected chi connectivity index (χ0v) is 22.5. The van der Waals surface area contributed by atoms with Crippen LogP contribution >= 0.6 is 0 Å². The lowest BCUT2D eigenvalue weighted by Crippen LogP contribution is -2.42. The smallest absolute Gasteiger partial charge is 0.317 e. The number of aryl methyl sites for hydroxylation is 1. The van der Waals surface area contributed by atoms with Crippen molar-refractivity contribution in [3.8, 4) is 0 Å². The molecule has 2 aromatic rings. The third-order valence-corrected chi connectivity index (χ3v) is 6.54. The summed E-state index contributed by atoms with van der Waals surface area (Å²) in [6, 6.07) is 8.02. The molecule has 194 valence electrons. The molecular weight excluding hydrogens is 444 g/mol. The molecule has 2 rings (SSSR count). The van der Waals surface area contributed by atoms with Gasteiger partial charge in [-0.1, -0.05) is 45.0 Å². The third kappa shape index (κ3) is 8.80. The van der Waals surface area contributed by atoms with Gasteiger partial charge in [-0.2, -0.15) is 0 Å². The Kier molecular flexibility index (Phi) is 10.5. The van der Waals surface area contributed by atoms with E-state index in [2.05, 4.69) is 34.8 Å². The molecule has 7 nitrogen and oxygen atoms in total. The summed E-state index contributed by atoms with van der Waals surface area (Å²) in [5.41, 5.74) is 0.565. The lowest BCUT2D eigenvalue weighted by molar-refractivity contribution is -0.687. The SMILES string of the molecule is CCC(C)C(=O)OCC(C)(COC(C)(C)CC)C(=O)OCc1ccc(C[n+]2ccn(CC)c2)cc1. The molecule has 7 heteroatoms. The summed E-state index contributed by atoms with van der Waals surface area (Å²) >= 11 is 0. The highest BCUT2D eigenvalue weighted by atomic mass is 16.6. The Bertz CT molecular complexity index is 951. The highest BCUT2D eigenvalue weighted by Crippen LogP contribution is 2.26. The molecule has 0 N–H and O–H groups in total. The van der Waals surface area contributed by atoms with Crippen LogP contribution in [0, 0.1) is 11.3 Å². The Morgan fingerprint density at radius 2 is 1.66 bits per heavy atom. The van der Waals surface area contributed by atoms with Crippen molar-refractivity contribution in [3.05, 3.63) is 54.1 Å². The number of imidazole rings is 1. The molecule has 0 aliphatic carbocycles. The van der Waals surface area contributed by atoms with Crippen LogP contribution in [0.4, 0.5) is 0 Å². The van der Waals surface area contributed by atoms with E-state index in [0.29, 0.717) is 6.42 Å². The van der Waals surface area contributed by atoms with Gasteiger partial charge in [-0.3, -0.25) is 9.59 Å². The molecule has 35 heavy (non-hydrogen) atoms. The van der Waals surface area contributed by atoms with E-state index in [1.54, 1.807) is 6.92 Å². The van der Waals surface area contributed by atoms with Gasteiger partial charge in [0.1, 0.15) is 37.6 Å². The fraction of sp³-hybridized carbons (Fsp3) is 0.607. The zero-order chi connectivity index (χ0) is 26.1. The first-order valence-electron chi connectivity index (χ1n) is 12.6. The second-order valence-electron chi connectivity index (χ2n) is 10.2. The maximum absolute atomic E-state index is 13.1. The van der Waals surface area contributed by atoms with Crippen molar-refractivity contribution in [2.75, 3.05) is 13.2 Å². The maximum atomic E-state index is 13.1.